The monoisotopic (exact) mass is 394 g/mol. The van der Waals surface area contributed by atoms with E-state index in [1.54, 1.807) is 11.3 Å². The Kier molecular flexibility index (Phi) is 6.95. The van der Waals surface area contributed by atoms with Crippen LogP contribution in [0, 0.1) is 5.92 Å². The van der Waals surface area contributed by atoms with Gasteiger partial charge in [0.2, 0.25) is 5.91 Å². The normalized spacial score (nSPS) is 17.4. The fourth-order valence-electron chi connectivity index (χ4n) is 2.89. The molecule has 4 nitrogen and oxygen atoms in total. The SMILES string of the molecule is O=C(NCCSCc1ccsc1)C1CCCN(C(=O)c2cccs2)C1. The van der Waals surface area contributed by atoms with E-state index in [1.165, 1.54) is 16.9 Å². The van der Waals surface area contributed by atoms with Crippen molar-refractivity contribution in [1.29, 1.82) is 0 Å². The van der Waals surface area contributed by atoms with Crippen LogP contribution < -0.4 is 5.32 Å². The predicted molar refractivity (Wildman–Crippen MR) is 106 cm³/mol. The summed E-state index contributed by atoms with van der Waals surface area (Å²) in [5, 5.41) is 9.19. The summed E-state index contributed by atoms with van der Waals surface area (Å²) in [6, 6.07) is 5.87. The van der Waals surface area contributed by atoms with Crippen molar-refractivity contribution in [3.05, 3.63) is 44.8 Å². The zero-order valence-electron chi connectivity index (χ0n) is 14.0. The molecule has 2 amide bonds. The molecule has 1 atom stereocenters. The number of thiophene rings is 2. The molecule has 0 aromatic carbocycles. The first-order chi connectivity index (χ1) is 12.2. The number of carbonyl (C=O) groups excluding carboxylic acids is 2. The minimum atomic E-state index is -0.0838. The third-order valence-electron chi connectivity index (χ3n) is 4.21. The first kappa shape index (κ1) is 18.5. The number of hydrogen-bond donors (Lipinski definition) is 1. The molecule has 25 heavy (non-hydrogen) atoms. The highest BCUT2D eigenvalue weighted by Crippen LogP contribution is 2.21. The van der Waals surface area contributed by atoms with Gasteiger partial charge in [-0.15, -0.1) is 11.3 Å². The number of piperidine rings is 1. The first-order valence-electron chi connectivity index (χ1n) is 8.43. The number of likely N-dealkylation sites (tertiary alicyclic amines) is 1. The first-order valence-corrected chi connectivity index (χ1v) is 11.4. The molecule has 2 aromatic rings. The van der Waals surface area contributed by atoms with Crippen molar-refractivity contribution in [2.75, 3.05) is 25.4 Å². The molecule has 7 heteroatoms. The second kappa shape index (κ2) is 9.40. The topological polar surface area (TPSA) is 49.4 Å². The minimum Gasteiger partial charge on any atom is -0.355 e. The molecule has 1 aliphatic heterocycles. The Morgan fingerprint density at radius 3 is 3.00 bits per heavy atom. The molecule has 0 saturated carbocycles. The molecular weight excluding hydrogens is 372 g/mol. The second-order valence-electron chi connectivity index (χ2n) is 6.04. The van der Waals surface area contributed by atoms with Crippen molar-refractivity contribution in [2.45, 2.75) is 18.6 Å². The number of nitrogens with one attached hydrogen (secondary N) is 1. The van der Waals surface area contributed by atoms with Crippen LogP contribution in [0.25, 0.3) is 0 Å². The maximum atomic E-state index is 12.4. The number of thioether (sulfide) groups is 1. The van der Waals surface area contributed by atoms with E-state index in [-0.39, 0.29) is 17.7 Å². The van der Waals surface area contributed by atoms with Gasteiger partial charge in [0.05, 0.1) is 10.8 Å². The molecule has 3 rings (SSSR count). The van der Waals surface area contributed by atoms with Gasteiger partial charge in [-0.3, -0.25) is 9.59 Å². The van der Waals surface area contributed by atoms with Crippen LogP contribution in [-0.2, 0) is 10.5 Å². The van der Waals surface area contributed by atoms with Crippen LogP contribution in [0.2, 0.25) is 0 Å². The fraction of sp³-hybridized carbons (Fsp3) is 0.444. The van der Waals surface area contributed by atoms with Gasteiger partial charge in [0.15, 0.2) is 0 Å². The van der Waals surface area contributed by atoms with Crippen LogP contribution in [0.4, 0.5) is 0 Å². The van der Waals surface area contributed by atoms with E-state index in [1.807, 2.05) is 34.2 Å². The van der Waals surface area contributed by atoms with Crippen LogP contribution in [0.15, 0.2) is 34.3 Å². The molecule has 2 aromatic heterocycles. The maximum Gasteiger partial charge on any atom is 0.263 e. The number of rotatable bonds is 7. The van der Waals surface area contributed by atoms with Gasteiger partial charge in [-0.1, -0.05) is 6.07 Å². The Morgan fingerprint density at radius 2 is 2.24 bits per heavy atom. The van der Waals surface area contributed by atoms with E-state index in [4.69, 9.17) is 0 Å². The third kappa shape index (κ3) is 5.33. The molecule has 1 aliphatic rings. The van der Waals surface area contributed by atoms with Crippen molar-refractivity contribution in [2.24, 2.45) is 5.92 Å². The Hall–Kier alpha value is -1.31. The van der Waals surface area contributed by atoms with E-state index in [9.17, 15) is 9.59 Å². The second-order valence-corrected chi connectivity index (χ2v) is 8.88. The van der Waals surface area contributed by atoms with Gasteiger partial charge in [0.1, 0.15) is 0 Å². The van der Waals surface area contributed by atoms with Gasteiger partial charge in [0, 0.05) is 31.1 Å². The highest BCUT2D eigenvalue weighted by molar-refractivity contribution is 7.98. The van der Waals surface area contributed by atoms with Crippen LogP contribution in [0.1, 0.15) is 28.1 Å². The Bertz CT molecular complexity index is 671. The molecule has 134 valence electrons. The van der Waals surface area contributed by atoms with Gasteiger partial charge in [-0.25, -0.2) is 0 Å². The molecule has 1 saturated heterocycles. The standard InChI is InChI=1S/C18H22N2O2S3/c21-17(19-6-10-24-13-14-5-9-23-12-14)15-3-1-7-20(11-15)18(22)16-4-2-8-25-16/h2,4-5,8-9,12,15H,1,3,6-7,10-11,13H2,(H,19,21). The largest absolute Gasteiger partial charge is 0.355 e. The van der Waals surface area contributed by atoms with Crippen LogP contribution in [-0.4, -0.2) is 42.1 Å². The lowest BCUT2D eigenvalue weighted by Gasteiger charge is -2.31. The fourth-order valence-corrected chi connectivity index (χ4v) is 5.16. The molecule has 0 bridgehead atoms. The highest BCUT2D eigenvalue weighted by Gasteiger charge is 2.28. The van der Waals surface area contributed by atoms with Crippen molar-refractivity contribution in [3.63, 3.8) is 0 Å². The summed E-state index contributed by atoms with van der Waals surface area (Å²) in [5.74, 6) is 1.95. The summed E-state index contributed by atoms with van der Waals surface area (Å²) in [4.78, 5) is 27.4. The van der Waals surface area contributed by atoms with Crippen molar-refractivity contribution >= 4 is 46.2 Å². The molecule has 1 unspecified atom stereocenters. The predicted octanol–water partition coefficient (Wildman–Crippen LogP) is 3.71. The third-order valence-corrected chi connectivity index (χ3v) is 6.83. The van der Waals surface area contributed by atoms with Gasteiger partial charge < -0.3 is 10.2 Å². The van der Waals surface area contributed by atoms with Crippen molar-refractivity contribution in [3.8, 4) is 0 Å². The zero-order valence-corrected chi connectivity index (χ0v) is 16.4. The molecule has 0 radical (unpaired) electrons. The van der Waals surface area contributed by atoms with Crippen molar-refractivity contribution < 1.29 is 9.59 Å². The van der Waals surface area contributed by atoms with Gasteiger partial charge in [-0.2, -0.15) is 23.1 Å². The van der Waals surface area contributed by atoms with E-state index in [0.717, 1.165) is 35.8 Å². The number of hydrogen-bond acceptors (Lipinski definition) is 5. The summed E-state index contributed by atoms with van der Waals surface area (Å²) in [7, 11) is 0. The summed E-state index contributed by atoms with van der Waals surface area (Å²) >= 11 is 5.00. The van der Waals surface area contributed by atoms with Crippen LogP contribution >= 0.6 is 34.4 Å². The van der Waals surface area contributed by atoms with E-state index < -0.39 is 0 Å². The van der Waals surface area contributed by atoms with Crippen LogP contribution in [0.3, 0.4) is 0 Å². The average molecular weight is 395 g/mol. The highest BCUT2D eigenvalue weighted by atomic mass is 32.2. The van der Waals surface area contributed by atoms with Gasteiger partial charge >= 0.3 is 0 Å². The van der Waals surface area contributed by atoms with Gasteiger partial charge in [0.25, 0.3) is 5.91 Å². The number of nitrogens with zero attached hydrogens (tertiary/aromatic N) is 1. The number of amides is 2. The maximum absolute atomic E-state index is 12.4. The Labute approximate surface area is 160 Å². The molecule has 0 spiro atoms. The summed E-state index contributed by atoms with van der Waals surface area (Å²) in [6.45, 7) is 1.96. The van der Waals surface area contributed by atoms with Gasteiger partial charge in [-0.05, 0) is 46.7 Å². The minimum absolute atomic E-state index is 0.0545. The molecule has 3 heterocycles. The average Bonchev–Trinajstić information content (AvgIpc) is 3.34. The molecule has 1 N–H and O–H groups in total. The van der Waals surface area contributed by atoms with Crippen LogP contribution in [0.5, 0.6) is 0 Å². The van der Waals surface area contributed by atoms with E-state index in [2.05, 4.69) is 22.1 Å². The quantitative estimate of drug-likeness (QED) is 0.728. The molecule has 1 fully saturated rings. The Morgan fingerprint density at radius 1 is 1.32 bits per heavy atom. The zero-order chi connectivity index (χ0) is 17.5. The lowest BCUT2D eigenvalue weighted by molar-refractivity contribution is -0.126. The van der Waals surface area contributed by atoms with E-state index in [0.29, 0.717) is 13.1 Å². The summed E-state index contributed by atoms with van der Waals surface area (Å²) < 4.78 is 0. The molecule has 0 aliphatic carbocycles. The lowest BCUT2D eigenvalue weighted by Crippen LogP contribution is -2.45. The smallest absolute Gasteiger partial charge is 0.263 e. The summed E-state index contributed by atoms with van der Waals surface area (Å²) in [5.41, 5.74) is 1.34. The number of carbonyl (C=O) groups is 2. The van der Waals surface area contributed by atoms with Crippen molar-refractivity contribution in [1.82, 2.24) is 10.2 Å². The van der Waals surface area contributed by atoms with E-state index >= 15 is 0 Å². The lowest BCUT2D eigenvalue weighted by atomic mass is 9.97. The summed E-state index contributed by atoms with van der Waals surface area (Å²) in [6.07, 6.45) is 1.75. The molecular formula is C18H22N2O2S3. The Balaban J connectivity index is 1.38.